The zero-order valence-corrected chi connectivity index (χ0v) is 16.7. The van der Waals surface area contributed by atoms with Crippen LogP contribution in [0.4, 0.5) is 5.82 Å². The third kappa shape index (κ3) is 3.00. The first-order valence-corrected chi connectivity index (χ1v) is 10.2. The van der Waals surface area contributed by atoms with E-state index >= 15 is 0 Å². The van der Waals surface area contributed by atoms with Crippen molar-refractivity contribution in [3.63, 3.8) is 0 Å². The average molecular weight is 401 g/mol. The van der Waals surface area contributed by atoms with E-state index in [1.165, 1.54) is 0 Å². The topological polar surface area (TPSA) is 73.7 Å². The summed E-state index contributed by atoms with van der Waals surface area (Å²) in [7, 11) is 0. The van der Waals surface area contributed by atoms with Gasteiger partial charge in [-0.15, -0.1) is 0 Å². The highest BCUT2D eigenvalue weighted by atomic mass is 16.4. The third-order valence-corrected chi connectivity index (χ3v) is 6.47. The molecule has 0 aliphatic carbocycles. The van der Waals surface area contributed by atoms with Gasteiger partial charge in [0, 0.05) is 43.8 Å². The van der Waals surface area contributed by atoms with E-state index in [9.17, 15) is 14.7 Å². The average Bonchev–Trinajstić information content (AvgIpc) is 3.31. The number of likely N-dealkylation sites (tertiary alicyclic amines) is 1. The van der Waals surface area contributed by atoms with Crippen LogP contribution < -0.4 is 4.90 Å². The molecule has 2 saturated heterocycles. The lowest BCUT2D eigenvalue weighted by Gasteiger charge is -2.29. The number of rotatable bonds is 3. The Kier molecular flexibility index (Phi) is 4.42. The molecule has 0 spiro atoms. The normalized spacial score (nSPS) is 23.0. The summed E-state index contributed by atoms with van der Waals surface area (Å²) in [5.74, 6) is 0.473. The third-order valence-electron chi connectivity index (χ3n) is 6.47. The predicted molar refractivity (Wildman–Crippen MR) is 114 cm³/mol. The standard InChI is InChI=1S/C24H23N3O3/c1-15(28)27-13-17-12-26(14-20(17)23(27)16-7-3-2-4-8-16)22-11-19(24(29)30)18-9-5-6-10-21(18)25-22/h2-11,17,20,23H,12-14H2,1H3,(H,29,30)/t17-,20-,23+/m1/s1. The van der Waals surface area contributed by atoms with Crippen molar-refractivity contribution < 1.29 is 14.7 Å². The fourth-order valence-corrected chi connectivity index (χ4v) is 5.13. The molecule has 2 aliphatic heterocycles. The second-order valence-corrected chi connectivity index (χ2v) is 8.21. The molecule has 0 radical (unpaired) electrons. The van der Waals surface area contributed by atoms with Gasteiger partial charge in [0.1, 0.15) is 5.82 Å². The molecule has 2 aliphatic rings. The first-order valence-electron chi connectivity index (χ1n) is 10.2. The number of anilines is 1. The van der Waals surface area contributed by atoms with Crippen molar-refractivity contribution >= 4 is 28.6 Å². The summed E-state index contributed by atoms with van der Waals surface area (Å²) in [5, 5.41) is 10.4. The van der Waals surface area contributed by atoms with E-state index in [4.69, 9.17) is 4.98 Å². The van der Waals surface area contributed by atoms with Crippen molar-refractivity contribution in [2.75, 3.05) is 24.5 Å². The maximum Gasteiger partial charge on any atom is 0.336 e. The number of nitrogens with zero attached hydrogens (tertiary/aromatic N) is 3. The van der Waals surface area contributed by atoms with Gasteiger partial charge >= 0.3 is 5.97 Å². The fourth-order valence-electron chi connectivity index (χ4n) is 5.13. The van der Waals surface area contributed by atoms with Crippen LogP contribution in [0, 0.1) is 11.8 Å². The molecule has 30 heavy (non-hydrogen) atoms. The Labute approximate surface area is 174 Å². The molecule has 0 saturated carbocycles. The molecule has 6 heteroatoms. The summed E-state index contributed by atoms with van der Waals surface area (Å²) in [6, 6.07) is 19.3. The van der Waals surface area contributed by atoms with E-state index in [0.717, 1.165) is 25.2 Å². The van der Waals surface area contributed by atoms with Gasteiger partial charge in [-0.25, -0.2) is 9.78 Å². The number of aromatic carboxylic acids is 1. The molecule has 5 rings (SSSR count). The Bertz CT molecular complexity index is 1130. The summed E-state index contributed by atoms with van der Waals surface area (Å²) in [6.07, 6.45) is 0. The molecule has 0 bridgehead atoms. The van der Waals surface area contributed by atoms with E-state index in [1.807, 2.05) is 41.3 Å². The lowest BCUT2D eigenvalue weighted by Crippen LogP contribution is -2.34. The van der Waals surface area contributed by atoms with Crippen molar-refractivity contribution in [2.45, 2.75) is 13.0 Å². The van der Waals surface area contributed by atoms with E-state index < -0.39 is 5.97 Å². The first-order chi connectivity index (χ1) is 14.5. The van der Waals surface area contributed by atoms with Gasteiger partial charge in [0.25, 0.3) is 0 Å². The number of hydrogen-bond acceptors (Lipinski definition) is 4. The number of carbonyl (C=O) groups is 2. The summed E-state index contributed by atoms with van der Waals surface area (Å²) >= 11 is 0. The Hall–Kier alpha value is -3.41. The van der Waals surface area contributed by atoms with Crippen molar-refractivity contribution in [3.8, 4) is 0 Å². The van der Waals surface area contributed by atoms with Crippen LogP contribution in [0.5, 0.6) is 0 Å². The number of carboxylic acid groups (broad SMARTS) is 1. The van der Waals surface area contributed by atoms with Crippen molar-refractivity contribution in [3.05, 3.63) is 71.8 Å². The smallest absolute Gasteiger partial charge is 0.336 e. The zero-order chi connectivity index (χ0) is 20.8. The van der Waals surface area contributed by atoms with Gasteiger partial charge in [-0.2, -0.15) is 0 Å². The molecule has 0 unspecified atom stereocenters. The minimum absolute atomic E-state index is 0.0399. The second kappa shape index (κ2) is 7.13. The Morgan fingerprint density at radius 3 is 2.47 bits per heavy atom. The molecule has 3 atom stereocenters. The number of benzene rings is 2. The molecule has 1 N–H and O–H groups in total. The van der Waals surface area contributed by atoms with Crippen molar-refractivity contribution in [2.24, 2.45) is 11.8 Å². The highest BCUT2D eigenvalue weighted by Gasteiger charge is 2.48. The molecule has 3 heterocycles. The van der Waals surface area contributed by atoms with E-state index in [-0.39, 0.29) is 23.4 Å². The second-order valence-electron chi connectivity index (χ2n) is 8.21. The molecular formula is C24H23N3O3. The number of fused-ring (bicyclic) bond motifs is 2. The van der Waals surface area contributed by atoms with E-state index in [0.29, 0.717) is 22.6 Å². The quantitative estimate of drug-likeness (QED) is 0.726. The predicted octanol–water partition coefficient (Wildman–Crippen LogP) is 3.59. The van der Waals surface area contributed by atoms with Crippen LogP contribution >= 0.6 is 0 Å². The van der Waals surface area contributed by atoms with Crippen LogP contribution in [-0.4, -0.2) is 46.5 Å². The fraction of sp³-hybridized carbons (Fsp3) is 0.292. The van der Waals surface area contributed by atoms with Gasteiger partial charge in [-0.05, 0) is 17.7 Å². The van der Waals surface area contributed by atoms with Crippen LogP contribution in [-0.2, 0) is 4.79 Å². The molecular weight excluding hydrogens is 378 g/mol. The van der Waals surface area contributed by atoms with Gasteiger partial charge in [0.05, 0.1) is 17.1 Å². The highest BCUT2D eigenvalue weighted by Crippen LogP contribution is 2.45. The number of hydrogen-bond donors (Lipinski definition) is 1. The molecule has 2 aromatic carbocycles. The maximum absolute atomic E-state index is 12.3. The number of carbonyl (C=O) groups excluding carboxylic acids is 1. The number of pyridine rings is 1. The van der Waals surface area contributed by atoms with Gasteiger partial charge in [0.15, 0.2) is 0 Å². The SMILES string of the molecule is CC(=O)N1C[C@H]2CN(c3cc(C(=O)O)c4ccccc4n3)C[C@H]2[C@@H]1c1ccccc1. The lowest BCUT2D eigenvalue weighted by atomic mass is 9.89. The first kappa shape index (κ1) is 18.6. The van der Waals surface area contributed by atoms with Gasteiger partial charge in [0.2, 0.25) is 5.91 Å². The van der Waals surface area contributed by atoms with Crippen LogP contribution in [0.15, 0.2) is 60.7 Å². The van der Waals surface area contributed by atoms with Crippen LogP contribution in [0.3, 0.4) is 0 Å². The minimum atomic E-state index is -0.945. The molecule has 6 nitrogen and oxygen atoms in total. The Morgan fingerprint density at radius 1 is 1.00 bits per heavy atom. The van der Waals surface area contributed by atoms with Gasteiger partial charge in [-0.1, -0.05) is 48.5 Å². The summed E-state index contributed by atoms with van der Waals surface area (Å²) < 4.78 is 0. The summed E-state index contributed by atoms with van der Waals surface area (Å²) in [5.41, 5.74) is 2.12. The largest absolute Gasteiger partial charge is 0.478 e. The molecule has 1 amide bonds. The monoisotopic (exact) mass is 401 g/mol. The van der Waals surface area contributed by atoms with Gasteiger partial charge in [-0.3, -0.25) is 4.79 Å². The number of aromatic nitrogens is 1. The van der Waals surface area contributed by atoms with Crippen LogP contribution in [0.25, 0.3) is 10.9 Å². The van der Waals surface area contributed by atoms with Crippen molar-refractivity contribution in [1.29, 1.82) is 0 Å². The lowest BCUT2D eigenvalue weighted by molar-refractivity contribution is -0.130. The number of para-hydroxylation sites is 1. The number of carboxylic acids is 1. The molecule has 1 aromatic heterocycles. The Balaban J connectivity index is 1.50. The number of amides is 1. The molecule has 3 aromatic rings. The summed E-state index contributed by atoms with van der Waals surface area (Å²) in [4.78, 5) is 33.1. The van der Waals surface area contributed by atoms with E-state index in [2.05, 4.69) is 17.0 Å². The van der Waals surface area contributed by atoms with Crippen molar-refractivity contribution in [1.82, 2.24) is 9.88 Å². The minimum Gasteiger partial charge on any atom is -0.478 e. The molecule has 2 fully saturated rings. The highest BCUT2D eigenvalue weighted by molar-refractivity contribution is 6.03. The Morgan fingerprint density at radius 2 is 1.73 bits per heavy atom. The van der Waals surface area contributed by atoms with E-state index in [1.54, 1.807) is 19.1 Å². The summed E-state index contributed by atoms with van der Waals surface area (Å²) in [6.45, 7) is 3.87. The van der Waals surface area contributed by atoms with Crippen LogP contribution in [0.2, 0.25) is 0 Å². The molecule has 152 valence electrons. The van der Waals surface area contributed by atoms with Crippen LogP contribution in [0.1, 0.15) is 28.9 Å². The zero-order valence-electron chi connectivity index (χ0n) is 16.7. The van der Waals surface area contributed by atoms with Gasteiger partial charge < -0.3 is 14.9 Å². The maximum atomic E-state index is 12.3.